The lowest BCUT2D eigenvalue weighted by atomic mass is 10.2. The Hall–Kier alpha value is -2.40. The lowest BCUT2D eigenvalue weighted by Crippen LogP contribution is -2.46. The van der Waals surface area contributed by atoms with Crippen LogP contribution in [0.4, 0.5) is 11.4 Å². The van der Waals surface area contributed by atoms with Gasteiger partial charge in [-0.2, -0.15) is 0 Å². The second kappa shape index (κ2) is 11.0. The summed E-state index contributed by atoms with van der Waals surface area (Å²) in [5.74, 6) is 2.21. The molecule has 0 unspecified atom stereocenters. The van der Waals surface area contributed by atoms with Gasteiger partial charge >= 0.3 is 0 Å². The maximum Gasteiger partial charge on any atom is 0.162 e. The van der Waals surface area contributed by atoms with Crippen LogP contribution in [0.2, 0.25) is 0 Å². The minimum atomic E-state index is 0.603. The second-order valence-electron chi connectivity index (χ2n) is 8.01. The molecule has 0 amide bonds. The van der Waals surface area contributed by atoms with E-state index in [-0.39, 0.29) is 0 Å². The molecule has 2 aromatic carbocycles. The van der Waals surface area contributed by atoms with Crippen molar-refractivity contribution in [3.8, 4) is 11.5 Å². The van der Waals surface area contributed by atoms with E-state index in [1.165, 1.54) is 5.69 Å². The smallest absolute Gasteiger partial charge is 0.162 e. The Bertz CT molecular complexity index is 728. The van der Waals surface area contributed by atoms with Gasteiger partial charge in [0.15, 0.2) is 11.5 Å². The zero-order valence-electron chi connectivity index (χ0n) is 18.1. The van der Waals surface area contributed by atoms with E-state index in [0.29, 0.717) is 12.5 Å². The van der Waals surface area contributed by atoms with Gasteiger partial charge in [0.2, 0.25) is 0 Å². The van der Waals surface area contributed by atoms with Gasteiger partial charge in [-0.3, -0.25) is 4.90 Å². The van der Waals surface area contributed by atoms with Crippen molar-refractivity contribution in [3.05, 3.63) is 48.5 Å². The fourth-order valence-electron chi connectivity index (χ4n) is 3.56. The SMILES string of the molecule is COc1cc(NCC(C)C)ccc1OCCCN1CCN(c2ccccc2)CC1. The number of anilines is 2. The van der Waals surface area contributed by atoms with Crippen molar-refractivity contribution in [3.63, 3.8) is 0 Å². The van der Waals surface area contributed by atoms with Crippen LogP contribution in [0, 0.1) is 5.92 Å². The van der Waals surface area contributed by atoms with E-state index in [4.69, 9.17) is 9.47 Å². The number of nitrogens with zero attached hydrogens (tertiary/aromatic N) is 2. The Morgan fingerprint density at radius 2 is 1.72 bits per heavy atom. The summed E-state index contributed by atoms with van der Waals surface area (Å²) in [4.78, 5) is 4.99. The molecule has 158 valence electrons. The first-order valence-corrected chi connectivity index (χ1v) is 10.7. The number of para-hydroxylation sites is 1. The molecule has 0 saturated carbocycles. The molecule has 29 heavy (non-hydrogen) atoms. The summed E-state index contributed by atoms with van der Waals surface area (Å²) >= 11 is 0. The highest BCUT2D eigenvalue weighted by atomic mass is 16.5. The highest BCUT2D eigenvalue weighted by molar-refractivity contribution is 5.54. The predicted octanol–water partition coefficient (Wildman–Crippen LogP) is 4.35. The van der Waals surface area contributed by atoms with Gasteiger partial charge in [-0.1, -0.05) is 32.0 Å². The second-order valence-corrected chi connectivity index (χ2v) is 8.01. The van der Waals surface area contributed by atoms with Gasteiger partial charge in [-0.15, -0.1) is 0 Å². The van der Waals surface area contributed by atoms with Crippen molar-refractivity contribution in [1.82, 2.24) is 4.90 Å². The monoisotopic (exact) mass is 397 g/mol. The van der Waals surface area contributed by atoms with Crippen LogP contribution in [-0.4, -0.2) is 57.9 Å². The molecule has 0 aliphatic carbocycles. The molecule has 0 atom stereocenters. The van der Waals surface area contributed by atoms with Crippen molar-refractivity contribution in [2.75, 3.05) is 63.2 Å². The van der Waals surface area contributed by atoms with Crippen molar-refractivity contribution >= 4 is 11.4 Å². The van der Waals surface area contributed by atoms with E-state index < -0.39 is 0 Å². The Morgan fingerprint density at radius 3 is 2.41 bits per heavy atom. The summed E-state index contributed by atoms with van der Waals surface area (Å²) in [5.41, 5.74) is 2.40. The Labute approximate surface area is 175 Å². The summed E-state index contributed by atoms with van der Waals surface area (Å²) in [6.45, 7) is 11.5. The quantitative estimate of drug-likeness (QED) is 0.603. The van der Waals surface area contributed by atoms with Crippen LogP contribution in [-0.2, 0) is 0 Å². The predicted molar refractivity (Wildman–Crippen MR) is 122 cm³/mol. The molecular weight excluding hydrogens is 362 g/mol. The molecule has 0 bridgehead atoms. The average Bonchev–Trinajstić information content (AvgIpc) is 2.76. The van der Waals surface area contributed by atoms with Crippen LogP contribution < -0.4 is 19.7 Å². The van der Waals surface area contributed by atoms with Gasteiger partial charge in [0.25, 0.3) is 0 Å². The first kappa shape index (κ1) is 21.3. The molecule has 5 nitrogen and oxygen atoms in total. The summed E-state index contributed by atoms with van der Waals surface area (Å²) < 4.78 is 11.5. The molecule has 1 saturated heterocycles. The molecule has 0 spiro atoms. The third-order valence-electron chi connectivity index (χ3n) is 5.25. The van der Waals surface area contributed by atoms with Gasteiger partial charge in [0, 0.05) is 56.7 Å². The maximum atomic E-state index is 6.00. The molecule has 1 fully saturated rings. The van der Waals surface area contributed by atoms with E-state index >= 15 is 0 Å². The molecule has 2 aromatic rings. The normalized spacial score (nSPS) is 14.8. The fourth-order valence-corrected chi connectivity index (χ4v) is 3.56. The molecule has 1 heterocycles. The molecule has 0 radical (unpaired) electrons. The third-order valence-corrected chi connectivity index (χ3v) is 5.25. The summed E-state index contributed by atoms with van der Waals surface area (Å²) in [6, 6.07) is 16.8. The molecule has 1 aliphatic rings. The van der Waals surface area contributed by atoms with Crippen molar-refractivity contribution in [2.45, 2.75) is 20.3 Å². The maximum absolute atomic E-state index is 6.00. The van der Waals surface area contributed by atoms with Crippen molar-refractivity contribution in [1.29, 1.82) is 0 Å². The highest BCUT2D eigenvalue weighted by Crippen LogP contribution is 2.30. The topological polar surface area (TPSA) is 37.0 Å². The van der Waals surface area contributed by atoms with Gasteiger partial charge in [0.05, 0.1) is 13.7 Å². The lowest BCUT2D eigenvalue weighted by Gasteiger charge is -2.36. The zero-order chi connectivity index (χ0) is 20.5. The molecule has 0 aromatic heterocycles. The van der Waals surface area contributed by atoms with Crippen LogP contribution in [0.15, 0.2) is 48.5 Å². The van der Waals surface area contributed by atoms with Gasteiger partial charge in [-0.25, -0.2) is 0 Å². The van der Waals surface area contributed by atoms with Gasteiger partial charge < -0.3 is 19.7 Å². The molecular formula is C24H35N3O2. The summed E-state index contributed by atoms with van der Waals surface area (Å²) in [6.07, 6.45) is 1.02. The van der Waals surface area contributed by atoms with E-state index in [9.17, 15) is 0 Å². The number of nitrogens with one attached hydrogen (secondary N) is 1. The molecule has 1 N–H and O–H groups in total. The Balaban J connectivity index is 1.38. The Kier molecular flexibility index (Phi) is 8.05. The molecule has 5 heteroatoms. The minimum Gasteiger partial charge on any atom is -0.493 e. The minimum absolute atomic E-state index is 0.603. The zero-order valence-corrected chi connectivity index (χ0v) is 18.1. The number of rotatable bonds is 10. The Morgan fingerprint density at radius 1 is 0.966 bits per heavy atom. The van der Waals surface area contributed by atoms with Crippen molar-refractivity contribution in [2.24, 2.45) is 5.92 Å². The van der Waals surface area contributed by atoms with Gasteiger partial charge in [-0.05, 0) is 36.6 Å². The first-order chi connectivity index (χ1) is 14.2. The van der Waals surface area contributed by atoms with E-state index in [1.807, 2.05) is 12.1 Å². The summed E-state index contributed by atoms with van der Waals surface area (Å²) in [5, 5.41) is 3.43. The number of hydrogen-bond acceptors (Lipinski definition) is 5. The standard InChI is InChI=1S/C24H35N3O2/c1-20(2)19-25-21-10-11-23(24(18-21)28-3)29-17-7-12-26-13-15-27(16-14-26)22-8-5-4-6-9-22/h4-6,8-11,18,20,25H,7,12-17,19H2,1-3H3. The van der Waals surface area contributed by atoms with Crippen LogP contribution in [0.1, 0.15) is 20.3 Å². The average molecular weight is 398 g/mol. The molecule has 3 rings (SSSR count). The van der Waals surface area contributed by atoms with Crippen LogP contribution >= 0.6 is 0 Å². The largest absolute Gasteiger partial charge is 0.493 e. The molecule has 1 aliphatic heterocycles. The number of methoxy groups -OCH3 is 1. The fraction of sp³-hybridized carbons (Fsp3) is 0.500. The first-order valence-electron chi connectivity index (χ1n) is 10.7. The van der Waals surface area contributed by atoms with E-state index in [1.54, 1.807) is 7.11 Å². The number of benzene rings is 2. The summed E-state index contributed by atoms with van der Waals surface area (Å²) in [7, 11) is 1.70. The number of hydrogen-bond donors (Lipinski definition) is 1. The lowest BCUT2D eigenvalue weighted by molar-refractivity contribution is 0.221. The van der Waals surface area contributed by atoms with Crippen LogP contribution in [0.3, 0.4) is 0 Å². The van der Waals surface area contributed by atoms with Crippen LogP contribution in [0.5, 0.6) is 11.5 Å². The third kappa shape index (κ3) is 6.57. The van der Waals surface area contributed by atoms with E-state index in [0.717, 1.165) is 62.9 Å². The van der Waals surface area contributed by atoms with Crippen LogP contribution in [0.25, 0.3) is 0 Å². The van der Waals surface area contributed by atoms with Gasteiger partial charge in [0.1, 0.15) is 0 Å². The van der Waals surface area contributed by atoms with Crippen molar-refractivity contribution < 1.29 is 9.47 Å². The number of piperazine rings is 1. The van der Waals surface area contributed by atoms with E-state index in [2.05, 4.69) is 65.4 Å². The number of ether oxygens (including phenoxy) is 2. The highest BCUT2D eigenvalue weighted by Gasteiger charge is 2.16.